The fraction of sp³-hybridized carbons (Fsp3) is 1.00. The van der Waals surface area contributed by atoms with Crippen molar-refractivity contribution in [3.63, 3.8) is 0 Å². The molecule has 1 unspecified atom stereocenters. The maximum absolute atomic E-state index is 3.84. The van der Waals surface area contributed by atoms with Crippen LogP contribution in [0.3, 0.4) is 0 Å². The topological polar surface area (TPSA) is 12.0 Å². The molecule has 0 bridgehead atoms. The molecule has 0 aromatic carbocycles. The van der Waals surface area contributed by atoms with E-state index >= 15 is 0 Å². The molecule has 0 amide bonds. The zero-order chi connectivity index (χ0) is 10.8. The minimum atomic E-state index is 0.479. The van der Waals surface area contributed by atoms with Crippen molar-refractivity contribution in [2.45, 2.75) is 66.5 Å². The Bertz CT molecular complexity index is 234. The van der Waals surface area contributed by atoms with E-state index in [4.69, 9.17) is 0 Å². The van der Waals surface area contributed by atoms with Crippen LogP contribution in [0.1, 0.15) is 54.4 Å². The van der Waals surface area contributed by atoms with Gasteiger partial charge in [-0.2, -0.15) is 0 Å². The first-order valence-corrected chi connectivity index (χ1v) is 5.98. The van der Waals surface area contributed by atoms with Crippen molar-refractivity contribution in [1.29, 1.82) is 0 Å². The lowest BCUT2D eigenvalue weighted by Crippen LogP contribution is -2.37. The van der Waals surface area contributed by atoms with Gasteiger partial charge in [-0.25, -0.2) is 0 Å². The molecule has 0 heterocycles. The molecule has 1 heteroatoms. The lowest BCUT2D eigenvalue weighted by Gasteiger charge is -2.21. The van der Waals surface area contributed by atoms with E-state index in [0.29, 0.717) is 28.3 Å². The fourth-order valence-electron chi connectivity index (χ4n) is 2.69. The summed E-state index contributed by atoms with van der Waals surface area (Å²) < 4.78 is 0. The third-order valence-corrected chi connectivity index (χ3v) is 5.52. The Morgan fingerprint density at radius 2 is 1.43 bits per heavy atom. The molecule has 1 atom stereocenters. The summed E-state index contributed by atoms with van der Waals surface area (Å²) in [6, 6.07) is 1.40. The summed E-state index contributed by atoms with van der Waals surface area (Å²) in [4.78, 5) is 0. The molecule has 1 nitrogen and oxygen atoms in total. The summed E-state index contributed by atoms with van der Waals surface area (Å²) in [6.45, 7) is 14.3. The molecule has 0 aromatic heterocycles. The SMILES string of the molecule is CC(NC1C(C)(C)C1(C)C)C1(C)CC1. The first kappa shape index (κ1) is 10.5. The van der Waals surface area contributed by atoms with Gasteiger partial charge in [0.25, 0.3) is 0 Å². The van der Waals surface area contributed by atoms with Crippen LogP contribution in [0.25, 0.3) is 0 Å². The van der Waals surface area contributed by atoms with Gasteiger partial charge in [0.2, 0.25) is 0 Å². The van der Waals surface area contributed by atoms with Crippen molar-refractivity contribution in [3.05, 3.63) is 0 Å². The van der Waals surface area contributed by atoms with Crippen molar-refractivity contribution in [3.8, 4) is 0 Å². The van der Waals surface area contributed by atoms with Crippen molar-refractivity contribution < 1.29 is 0 Å². The van der Waals surface area contributed by atoms with Crippen LogP contribution in [0.4, 0.5) is 0 Å². The average molecular weight is 195 g/mol. The molecule has 2 aliphatic rings. The third-order valence-electron chi connectivity index (χ3n) is 5.52. The second-order valence-electron chi connectivity index (χ2n) is 6.92. The minimum absolute atomic E-state index is 0.479. The van der Waals surface area contributed by atoms with E-state index in [2.05, 4.69) is 46.9 Å². The summed E-state index contributed by atoms with van der Waals surface area (Å²) in [7, 11) is 0. The Kier molecular flexibility index (Phi) is 1.91. The quantitative estimate of drug-likeness (QED) is 0.729. The first-order valence-electron chi connectivity index (χ1n) is 5.98. The molecule has 2 saturated carbocycles. The molecule has 14 heavy (non-hydrogen) atoms. The number of rotatable bonds is 3. The summed E-state index contributed by atoms with van der Waals surface area (Å²) >= 11 is 0. The van der Waals surface area contributed by atoms with Crippen molar-refractivity contribution in [1.82, 2.24) is 5.32 Å². The predicted octanol–water partition coefficient (Wildman–Crippen LogP) is 3.20. The molecule has 0 aliphatic heterocycles. The number of hydrogen-bond acceptors (Lipinski definition) is 1. The van der Waals surface area contributed by atoms with Crippen LogP contribution in [0, 0.1) is 16.2 Å². The number of nitrogens with one attached hydrogen (secondary N) is 1. The highest BCUT2D eigenvalue weighted by molar-refractivity contribution is 5.19. The smallest absolute Gasteiger partial charge is 0.0183 e. The highest BCUT2D eigenvalue weighted by Crippen LogP contribution is 2.63. The van der Waals surface area contributed by atoms with E-state index in [-0.39, 0.29) is 0 Å². The average Bonchev–Trinajstić information content (AvgIpc) is 2.86. The van der Waals surface area contributed by atoms with Crippen LogP contribution >= 0.6 is 0 Å². The van der Waals surface area contributed by atoms with Crippen LogP contribution in [0.2, 0.25) is 0 Å². The van der Waals surface area contributed by atoms with Gasteiger partial charge in [-0.05, 0) is 36.0 Å². The van der Waals surface area contributed by atoms with Gasteiger partial charge in [0, 0.05) is 12.1 Å². The summed E-state index contributed by atoms with van der Waals surface area (Å²) in [6.07, 6.45) is 2.82. The lowest BCUT2D eigenvalue weighted by molar-refractivity contribution is 0.356. The molecular weight excluding hydrogens is 170 g/mol. The zero-order valence-electron chi connectivity index (χ0n) is 10.6. The molecule has 0 radical (unpaired) electrons. The standard InChI is InChI=1S/C13H25N/c1-9(13(6)7-8-13)14-10-11(2,3)12(10,4)5/h9-10,14H,7-8H2,1-6H3. The normalized spacial score (nSPS) is 33.9. The van der Waals surface area contributed by atoms with Gasteiger partial charge in [-0.3, -0.25) is 0 Å². The second-order valence-corrected chi connectivity index (χ2v) is 6.92. The highest BCUT2D eigenvalue weighted by atomic mass is 15.1. The molecule has 1 N–H and O–H groups in total. The third kappa shape index (κ3) is 1.25. The Morgan fingerprint density at radius 1 is 1.00 bits per heavy atom. The molecule has 0 aromatic rings. The van der Waals surface area contributed by atoms with Gasteiger partial charge in [0.1, 0.15) is 0 Å². The largest absolute Gasteiger partial charge is 0.310 e. The Hall–Kier alpha value is -0.0400. The maximum Gasteiger partial charge on any atom is 0.0183 e. The maximum atomic E-state index is 3.84. The Balaban J connectivity index is 1.94. The van der Waals surface area contributed by atoms with E-state index in [0.717, 1.165) is 0 Å². The summed E-state index contributed by atoms with van der Waals surface area (Å²) in [5.41, 5.74) is 1.56. The molecule has 0 spiro atoms. The van der Waals surface area contributed by atoms with Gasteiger partial charge < -0.3 is 5.32 Å². The van der Waals surface area contributed by atoms with Crippen LogP contribution in [-0.4, -0.2) is 12.1 Å². The van der Waals surface area contributed by atoms with Crippen molar-refractivity contribution in [2.24, 2.45) is 16.2 Å². The van der Waals surface area contributed by atoms with Crippen LogP contribution in [-0.2, 0) is 0 Å². The van der Waals surface area contributed by atoms with Crippen molar-refractivity contribution >= 4 is 0 Å². The molecular formula is C13H25N. The van der Waals surface area contributed by atoms with E-state index in [1.807, 2.05) is 0 Å². The molecule has 82 valence electrons. The van der Waals surface area contributed by atoms with Gasteiger partial charge in [0.05, 0.1) is 0 Å². The van der Waals surface area contributed by atoms with Crippen LogP contribution < -0.4 is 5.32 Å². The lowest BCUT2D eigenvalue weighted by atomic mass is 10.0. The van der Waals surface area contributed by atoms with Gasteiger partial charge >= 0.3 is 0 Å². The first-order chi connectivity index (χ1) is 6.22. The Morgan fingerprint density at radius 3 is 1.71 bits per heavy atom. The second kappa shape index (κ2) is 2.55. The van der Waals surface area contributed by atoms with Crippen molar-refractivity contribution in [2.75, 3.05) is 0 Å². The molecule has 2 aliphatic carbocycles. The predicted molar refractivity (Wildman–Crippen MR) is 61.3 cm³/mol. The summed E-state index contributed by atoms with van der Waals surface area (Å²) in [5.74, 6) is 0. The minimum Gasteiger partial charge on any atom is -0.310 e. The van der Waals surface area contributed by atoms with Gasteiger partial charge in [-0.1, -0.05) is 34.6 Å². The Labute approximate surface area is 88.7 Å². The van der Waals surface area contributed by atoms with Gasteiger partial charge in [-0.15, -0.1) is 0 Å². The molecule has 2 fully saturated rings. The number of hydrogen-bond donors (Lipinski definition) is 1. The summed E-state index contributed by atoms with van der Waals surface area (Å²) in [5, 5.41) is 3.84. The van der Waals surface area contributed by atoms with Gasteiger partial charge in [0.15, 0.2) is 0 Å². The zero-order valence-corrected chi connectivity index (χ0v) is 10.6. The highest BCUT2D eigenvalue weighted by Gasteiger charge is 2.65. The van der Waals surface area contributed by atoms with E-state index < -0.39 is 0 Å². The fourth-order valence-corrected chi connectivity index (χ4v) is 2.69. The van der Waals surface area contributed by atoms with E-state index in [1.165, 1.54) is 12.8 Å². The molecule has 2 rings (SSSR count). The molecule has 0 saturated heterocycles. The van der Waals surface area contributed by atoms with Crippen LogP contribution in [0.15, 0.2) is 0 Å². The van der Waals surface area contributed by atoms with Crippen LogP contribution in [0.5, 0.6) is 0 Å². The van der Waals surface area contributed by atoms with E-state index in [9.17, 15) is 0 Å². The van der Waals surface area contributed by atoms with E-state index in [1.54, 1.807) is 0 Å². The monoisotopic (exact) mass is 195 g/mol.